The summed E-state index contributed by atoms with van der Waals surface area (Å²) < 4.78 is 22.4. The minimum atomic E-state index is -2.79. The lowest BCUT2D eigenvalue weighted by molar-refractivity contribution is 0.595. The zero-order chi connectivity index (χ0) is 10.4. The van der Waals surface area contributed by atoms with Crippen LogP contribution in [0.4, 0.5) is 0 Å². The molecule has 0 bridgehead atoms. The Bertz CT molecular complexity index is 285. The molecule has 1 heterocycles. The Kier molecular flexibility index (Phi) is 4.62. The van der Waals surface area contributed by atoms with E-state index < -0.39 is 9.84 Å². The Morgan fingerprint density at radius 1 is 1.50 bits per heavy atom. The summed E-state index contributed by atoms with van der Waals surface area (Å²) in [5, 5.41) is 3.28. The third kappa shape index (κ3) is 4.24. The summed E-state index contributed by atoms with van der Waals surface area (Å²) >= 11 is 0. The van der Waals surface area contributed by atoms with Crippen molar-refractivity contribution >= 4 is 9.84 Å². The van der Waals surface area contributed by atoms with E-state index in [1.807, 2.05) is 0 Å². The first-order valence-corrected chi connectivity index (χ1v) is 7.05. The van der Waals surface area contributed by atoms with Gasteiger partial charge < -0.3 is 5.32 Å². The number of allylic oxidation sites excluding steroid dienone is 1. The topological polar surface area (TPSA) is 46.2 Å². The minimum absolute atomic E-state index is 0.258. The smallest absolute Gasteiger partial charge is 0.150 e. The molecule has 1 fully saturated rings. The van der Waals surface area contributed by atoms with E-state index in [4.69, 9.17) is 0 Å². The van der Waals surface area contributed by atoms with Gasteiger partial charge in [-0.05, 0) is 25.8 Å². The van der Waals surface area contributed by atoms with Crippen molar-refractivity contribution in [3.63, 3.8) is 0 Å². The van der Waals surface area contributed by atoms with Crippen molar-refractivity contribution in [2.24, 2.45) is 0 Å². The Hall–Kier alpha value is -0.350. The summed E-state index contributed by atoms with van der Waals surface area (Å²) in [5.41, 5.74) is 1.36. The van der Waals surface area contributed by atoms with Crippen molar-refractivity contribution in [1.82, 2.24) is 5.32 Å². The molecule has 0 radical (unpaired) electrons. The van der Waals surface area contributed by atoms with Crippen LogP contribution in [0.25, 0.3) is 0 Å². The van der Waals surface area contributed by atoms with E-state index in [0.29, 0.717) is 12.2 Å². The first-order valence-electron chi connectivity index (χ1n) is 5.23. The summed E-state index contributed by atoms with van der Waals surface area (Å²) in [6.45, 7) is 3.72. The molecule has 1 saturated heterocycles. The molecule has 14 heavy (non-hydrogen) atoms. The van der Waals surface area contributed by atoms with E-state index in [9.17, 15) is 8.42 Å². The van der Waals surface area contributed by atoms with Crippen molar-refractivity contribution in [3.8, 4) is 0 Å². The van der Waals surface area contributed by atoms with Gasteiger partial charge in [-0.1, -0.05) is 18.6 Å². The van der Waals surface area contributed by atoms with E-state index in [2.05, 4.69) is 11.4 Å². The van der Waals surface area contributed by atoms with E-state index in [0.717, 1.165) is 19.5 Å². The number of hydrogen-bond donors (Lipinski definition) is 1. The average Bonchev–Trinajstić information content (AvgIpc) is 2.19. The lowest BCUT2D eigenvalue weighted by atomic mass is 10.1. The second kappa shape index (κ2) is 5.51. The fourth-order valence-electron chi connectivity index (χ4n) is 1.54. The van der Waals surface area contributed by atoms with Gasteiger partial charge in [0.25, 0.3) is 0 Å². The van der Waals surface area contributed by atoms with Crippen LogP contribution in [0.1, 0.15) is 26.2 Å². The second-order valence-corrected chi connectivity index (χ2v) is 6.14. The molecule has 0 unspecified atom stereocenters. The predicted octanol–water partition coefficient (Wildman–Crippen LogP) is 1.12. The van der Waals surface area contributed by atoms with Gasteiger partial charge in [0.1, 0.15) is 9.84 Å². The molecule has 1 rings (SSSR count). The van der Waals surface area contributed by atoms with Crippen LogP contribution in [0.3, 0.4) is 0 Å². The Labute approximate surface area is 86.5 Å². The number of hydrogen-bond acceptors (Lipinski definition) is 3. The SMILES string of the molecule is CCS(=O)(=O)CCC=C1CCCNC1. The highest BCUT2D eigenvalue weighted by Gasteiger charge is 2.07. The highest BCUT2D eigenvalue weighted by Crippen LogP contribution is 2.09. The summed E-state index contributed by atoms with van der Waals surface area (Å²) in [7, 11) is -2.79. The number of sulfone groups is 1. The molecule has 0 aromatic heterocycles. The fraction of sp³-hybridized carbons (Fsp3) is 0.800. The Morgan fingerprint density at radius 2 is 2.29 bits per heavy atom. The van der Waals surface area contributed by atoms with Crippen molar-refractivity contribution in [2.75, 3.05) is 24.6 Å². The van der Waals surface area contributed by atoms with Crippen molar-refractivity contribution in [1.29, 1.82) is 0 Å². The monoisotopic (exact) mass is 217 g/mol. The first kappa shape index (κ1) is 11.7. The fourth-order valence-corrected chi connectivity index (χ4v) is 2.30. The van der Waals surface area contributed by atoms with Crippen LogP contribution in [0.15, 0.2) is 11.6 Å². The summed E-state index contributed by atoms with van der Waals surface area (Å²) in [6, 6.07) is 0. The maximum atomic E-state index is 11.2. The highest BCUT2D eigenvalue weighted by atomic mass is 32.2. The van der Waals surface area contributed by atoms with Gasteiger partial charge in [-0.15, -0.1) is 0 Å². The van der Waals surface area contributed by atoms with Crippen LogP contribution in [0.2, 0.25) is 0 Å². The highest BCUT2D eigenvalue weighted by molar-refractivity contribution is 7.91. The lowest BCUT2D eigenvalue weighted by Crippen LogP contribution is -2.23. The molecule has 4 heteroatoms. The van der Waals surface area contributed by atoms with Gasteiger partial charge in [-0.3, -0.25) is 0 Å². The Balaban J connectivity index is 2.32. The molecule has 0 aliphatic carbocycles. The molecule has 0 aromatic carbocycles. The molecule has 82 valence electrons. The minimum Gasteiger partial charge on any atom is -0.313 e. The first-order chi connectivity index (χ1) is 6.64. The van der Waals surface area contributed by atoms with E-state index >= 15 is 0 Å². The normalized spacial score (nSPS) is 21.4. The maximum absolute atomic E-state index is 11.2. The molecule has 0 atom stereocenters. The van der Waals surface area contributed by atoms with E-state index in [1.54, 1.807) is 6.92 Å². The number of rotatable bonds is 4. The summed E-state index contributed by atoms with van der Waals surface area (Å²) in [6.07, 6.45) is 5.05. The van der Waals surface area contributed by atoms with Gasteiger partial charge in [-0.25, -0.2) is 8.42 Å². The molecule has 3 nitrogen and oxygen atoms in total. The zero-order valence-electron chi connectivity index (χ0n) is 8.75. The van der Waals surface area contributed by atoms with Gasteiger partial charge in [0.15, 0.2) is 0 Å². The van der Waals surface area contributed by atoms with Crippen molar-refractivity contribution in [2.45, 2.75) is 26.2 Å². The van der Waals surface area contributed by atoms with Crippen LogP contribution >= 0.6 is 0 Å². The molecule has 0 spiro atoms. The van der Waals surface area contributed by atoms with Gasteiger partial charge in [-0.2, -0.15) is 0 Å². The zero-order valence-corrected chi connectivity index (χ0v) is 9.57. The number of nitrogens with one attached hydrogen (secondary N) is 1. The van der Waals surface area contributed by atoms with E-state index in [1.165, 1.54) is 12.0 Å². The predicted molar refractivity (Wildman–Crippen MR) is 59.1 cm³/mol. The van der Waals surface area contributed by atoms with Crippen LogP contribution in [-0.4, -0.2) is 33.0 Å². The average molecular weight is 217 g/mol. The Morgan fingerprint density at radius 3 is 2.86 bits per heavy atom. The third-order valence-corrected chi connectivity index (χ3v) is 4.24. The largest absolute Gasteiger partial charge is 0.313 e. The lowest BCUT2D eigenvalue weighted by Gasteiger charge is -2.15. The van der Waals surface area contributed by atoms with Crippen LogP contribution in [-0.2, 0) is 9.84 Å². The quantitative estimate of drug-likeness (QED) is 0.718. The van der Waals surface area contributed by atoms with E-state index in [-0.39, 0.29) is 5.75 Å². The van der Waals surface area contributed by atoms with Gasteiger partial charge in [0.05, 0.1) is 5.75 Å². The maximum Gasteiger partial charge on any atom is 0.150 e. The molecule has 0 saturated carbocycles. The third-order valence-electron chi connectivity index (χ3n) is 2.51. The van der Waals surface area contributed by atoms with Gasteiger partial charge in [0.2, 0.25) is 0 Å². The second-order valence-electron chi connectivity index (χ2n) is 3.67. The van der Waals surface area contributed by atoms with Crippen LogP contribution in [0, 0.1) is 0 Å². The molecule has 1 aliphatic heterocycles. The molecular weight excluding hydrogens is 198 g/mol. The molecule has 0 amide bonds. The summed E-state index contributed by atoms with van der Waals surface area (Å²) in [4.78, 5) is 0. The molecule has 1 aliphatic rings. The standard InChI is InChI=1S/C10H19NO2S/c1-2-14(12,13)8-4-6-10-5-3-7-11-9-10/h6,11H,2-5,7-9H2,1H3. The van der Waals surface area contributed by atoms with Crippen molar-refractivity contribution < 1.29 is 8.42 Å². The molecule has 1 N–H and O–H groups in total. The number of piperidine rings is 1. The van der Waals surface area contributed by atoms with Crippen molar-refractivity contribution in [3.05, 3.63) is 11.6 Å². The molecule has 0 aromatic rings. The van der Waals surface area contributed by atoms with Gasteiger partial charge in [0, 0.05) is 12.3 Å². The molecular formula is C10H19NO2S. The summed E-state index contributed by atoms with van der Waals surface area (Å²) in [5.74, 6) is 0.557. The van der Waals surface area contributed by atoms with Crippen LogP contribution < -0.4 is 5.32 Å². The van der Waals surface area contributed by atoms with Gasteiger partial charge >= 0.3 is 0 Å². The van der Waals surface area contributed by atoms with Crippen LogP contribution in [0.5, 0.6) is 0 Å².